The molecule has 0 aliphatic carbocycles. The Morgan fingerprint density at radius 2 is 1.65 bits per heavy atom. The Morgan fingerprint density at radius 3 is 2.33 bits per heavy atom. The molecule has 0 spiro atoms. The Morgan fingerprint density at radius 1 is 0.962 bits per heavy atom. The molecule has 3 N–H and O–H groups in total. The van der Waals surface area contributed by atoms with Crippen LogP contribution in [0.3, 0.4) is 0 Å². The lowest BCUT2D eigenvalue weighted by Gasteiger charge is -2.39. The number of piperidine rings is 1. The van der Waals surface area contributed by atoms with Crippen LogP contribution in [0.4, 0.5) is 4.79 Å². The molecule has 2 fully saturated rings. The summed E-state index contributed by atoms with van der Waals surface area (Å²) >= 11 is 0. The highest BCUT2D eigenvalue weighted by molar-refractivity contribution is 5.91. The summed E-state index contributed by atoms with van der Waals surface area (Å²) in [4.78, 5) is 71.8. The van der Waals surface area contributed by atoms with E-state index >= 15 is 0 Å². The monoisotopic (exact) mass is 720 g/mol. The van der Waals surface area contributed by atoms with Crippen molar-refractivity contribution in [2.24, 2.45) is 11.3 Å². The van der Waals surface area contributed by atoms with Gasteiger partial charge in [0.15, 0.2) is 0 Å². The maximum Gasteiger partial charge on any atom is 0.408 e. The average molecular weight is 721 g/mol. The number of nitrogens with one attached hydrogen (secondary N) is 3. The number of rotatable bonds is 10. The highest BCUT2D eigenvalue weighted by atomic mass is 16.6. The molecule has 13 heteroatoms. The summed E-state index contributed by atoms with van der Waals surface area (Å²) in [5.74, 6) is -1.45. The van der Waals surface area contributed by atoms with Crippen LogP contribution in [0, 0.1) is 11.3 Å². The number of alkyl carbamates (subject to hydrolysis) is 1. The van der Waals surface area contributed by atoms with Crippen LogP contribution in [0.2, 0.25) is 0 Å². The average Bonchev–Trinajstić information content (AvgIpc) is 3.10. The summed E-state index contributed by atoms with van der Waals surface area (Å²) < 4.78 is 10.2. The zero-order chi connectivity index (χ0) is 38.4. The van der Waals surface area contributed by atoms with Gasteiger partial charge in [0.1, 0.15) is 23.7 Å². The number of ether oxygens (including phenoxy) is 2. The van der Waals surface area contributed by atoms with E-state index < -0.39 is 41.1 Å². The van der Waals surface area contributed by atoms with E-state index in [4.69, 9.17) is 14.5 Å². The van der Waals surface area contributed by atoms with Gasteiger partial charge < -0.3 is 25.0 Å². The number of amides is 4. The third-order valence-corrected chi connectivity index (χ3v) is 9.39. The number of fused-ring (bicyclic) bond motifs is 1. The molecule has 0 bridgehead atoms. The van der Waals surface area contributed by atoms with Crippen LogP contribution >= 0.6 is 0 Å². The van der Waals surface area contributed by atoms with Crippen molar-refractivity contribution in [1.29, 1.82) is 0 Å². The number of hydrogen-bond acceptors (Lipinski definition) is 9. The summed E-state index contributed by atoms with van der Waals surface area (Å²) in [6, 6.07) is 7.69. The van der Waals surface area contributed by atoms with Gasteiger partial charge in [0, 0.05) is 36.6 Å². The first-order valence-corrected chi connectivity index (χ1v) is 18.2. The normalized spacial score (nSPS) is 19.7. The molecule has 3 heterocycles. The van der Waals surface area contributed by atoms with E-state index in [1.165, 1.54) is 12.1 Å². The summed E-state index contributed by atoms with van der Waals surface area (Å²) in [5, 5.41) is 7.76. The second-order valence-corrected chi connectivity index (χ2v) is 15.8. The predicted octanol–water partition coefficient (Wildman–Crippen LogP) is 4.70. The van der Waals surface area contributed by atoms with Crippen LogP contribution in [0.25, 0.3) is 17.0 Å². The fourth-order valence-corrected chi connectivity index (χ4v) is 6.45. The zero-order valence-corrected chi connectivity index (χ0v) is 32.1. The Labute approximate surface area is 307 Å². The van der Waals surface area contributed by atoms with Gasteiger partial charge in [-0.15, -0.1) is 0 Å². The van der Waals surface area contributed by atoms with Crippen molar-refractivity contribution in [3.8, 4) is 0 Å². The largest absolute Gasteiger partial charge is 0.468 e. The van der Waals surface area contributed by atoms with E-state index in [1.54, 1.807) is 55.4 Å². The van der Waals surface area contributed by atoms with Gasteiger partial charge in [-0.25, -0.2) is 10.2 Å². The minimum absolute atomic E-state index is 0.0549. The molecular formula is C39H56N6O7. The molecule has 284 valence electrons. The van der Waals surface area contributed by atoms with Gasteiger partial charge in [-0.05, 0) is 90.8 Å². The predicted molar refractivity (Wildman–Crippen MR) is 199 cm³/mol. The van der Waals surface area contributed by atoms with Gasteiger partial charge in [0.2, 0.25) is 11.8 Å². The third-order valence-electron chi connectivity index (χ3n) is 9.39. The lowest BCUT2D eigenvalue weighted by molar-refractivity contribution is -0.148. The minimum atomic E-state index is -0.901. The molecule has 2 aliphatic rings. The number of esters is 1. The molecule has 4 atom stereocenters. The lowest BCUT2D eigenvalue weighted by Crippen LogP contribution is -2.62. The Hall–Kier alpha value is -4.52. The smallest absolute Gasteiger partial charge is 0.408 e. The number of carbonyl (C=O) groups is 5. The van der Waals surface area contributed by atoms with Crippen LogP contribution in [-0.4, -0.2) is 95.1 Å². The lowest BCUT2D eigenvalue weighted by atomic mass is 9.92. The van der Waals surface area contributed by atoms with Crippen molar-refractivity contribution in [2.75, 3.05) is 26.7 Å². The van der Waals surface area contributed by atoms with Gasteiger partial charge in [0.05, 0.1) is 18.0 Å². The van der Waals surface area contributed by atoms with Crippen LogP contribution in [-0.2, 0) is 28.7 Å². The fourth-order valence-electron chi connectivity index (χ4n) is 6.45. The molecule has 1 unspecified atom stereocenters. The number of hydrogen-bond donors (Lipinski definition) is 3. The zero-order valence-electron chi connectivity index (χ0n) is 32.1. The van der Waals surface area contributed by atoms with Gasteiger partial charge in [-0.1, -0.05) is 44.2 Å². The molecule has 13 nitrogen and oxygen atoms in total. The summed E-state index contributed by atoms with van der Waals surface area (Å²) in [5.41, 5.74) is 4.32. The molecule has 0 saturated carbocycles. The molecule has 1 aromatic heterocycles. The molecular weight excluding hydrogens is 664 g/mol. The number of nitrogens with zero attached hydrogens (tertiary/aromatic N) is 3. The van der Waals surface area contributed by atoms with Crippen molar-refractivity contribution in [2.45, 2.75) is 111 Å². The molecule has 52 heavy (non-hydrogen) atoms. The highest BCUT2D eigenvalue weighted by Crippen LogP contribution is 2.29. The van der Waals surface area contributed by atoms with Gasteiger partial charge in [0.25, 0.3) is 5.91 Å². The number of benzene rings is 1. The third kappa shape index (κ3) is 10.5. The minimum Gasteiger partial charge on any atom is -0.468 e. The van der Waals surface area contributed by atoms with Gasteiger partial charge in [-0.2, -0.15) is 0 Å². The van der Waals surface area contributed by atoms with E-state index in [2.05, 4.69) is 16.1 Å². The van der Waals surface area contributed by atoms with E-state index in [9.17, 15) is 24.0 Å². The van der Waals surface area contributed by atoms with Gasteiger partial charge >= 0.3 is 12.1 Å². The number of methoxy groups -OCH3 is 1. The Bertz CT molecular complexity index is 1670. The van der Waals surface area contributed by atoms with Crippen molar-refractivity contribution in [3.63, 3.8) is 0 Å². The number of hydrazine groups is 1. The summed E-state index contributed by atoms with van der Waals surface area (Å²) in [6.45, 7) is 15.5. The number of likely N-dealkylation sites (tertiary alicyclic amines) is 1. The summed E-state index contributed by atoms with van der Waals surface area (Å²) in [6.07, 6.45) is 5.95. The second-order valence-electron chi connectivity index (χ2n) is 15.8. The highest BCUT2D eigenvalue weighted by Gasteiger charge is 2.36. The van der Waals surface area contributed by atoms with Crippen LogP contribution in [0.1, 0.15) is 98.2 Å². The molecule has 0 radical (unpaired) electrons. The van der Waals surface area contributed by atoms with Crippen molar-refractivity contribution < 1.29 is 33.4 Å². The maximum absolute atomic E-state index is 13.8. The number of aromatic nitrogens is 1. The Balaban J connectivity index is 1.37. The first kappa shape index (κ1) is 40.3. The summed E-state index contributed by atoms with van der Waals surface area (Å²) in [7, 11) is 1.38. The maximum atomic E-state index is 13.8. The van der Waals surface area contributed by atoms with Crippen LogP contribution < -0.4 is 16.1 Å². The molecule has 4 amide bonds. The topological polar surface area (TPSA) is 159 Å². The molecule has 4 rings (SSSR count). The van der Waals surface area contributed by atoms with Crippen molar-refractivity contribution in [1.82, 2.24) is 31.0 Å². The number of carbonyl (C=O) groups excluding carboxylic acids is 5. The van der Waals surface area contributed by atoms with Crippen molar-refractivity contribution >= 4 is 46.8 Å². The molecule has 2 saturated heterocycles. The van der Waals surface area contributed by atoms with E-state index in [0.717, 1.165) is 35.0 Å². The molecule has 2 aliphatic heterocycles. The number of pyridine rings is 1. The van der Waals surface area contributed by atoms with E-state index in [-0.39, 0.29) is 29.6 Å². The fraction of sp³-hybridized carbons (Fsp3) is 0.590. The SMILES string of the molecule is COC(=O)C(C)(C)/C=C/c1ccc2ccc(C3CCCN(C(=O)[C@@H]4CCCN(C(=O)[C@H](C)NC(=O)[C@@H](NC(=O)OC(C)(C)C)C(C)C)N4)C3)nc2c1. The Kier molecular flexibility index (Phi) is 13.1. The van der Waals surface area contributed by atoms with Crippen LogP contribution in [0.15, 0.2) is 36.4 Å². The van der Waals surface area contributed by atoms with E-state index in [0.29, 0.717) is 32.5 Å². The van der Waals surface area contributed by atoms with Crippen molar-refractivity contribution in [3.05, 3.63) is 47.7 Å². The molecule has 1 aromatic carbocycles. The first-order chi connectivity index (χ1) is 24.4. The van der Waals surface area contributed by atoms with E-state index in [1.807, 2.05) is 47.4 Å². The van der Waals surface area contributed by atoms with Gasteiger partial charge in [-0.3, -0.25) is 29.2 Å². The second kappa shape index (κ2) is 16.9. The first-order valence-electron chi connectivity index (χ1n) is 18.2. The molecule has 2 aromatic rings. The quantitative estimate of drug-likeness (QED) is 0.296. The standard InChI is InChI=1S/C39H56N6O7/c1-24(2)32(42-37(50)52-38(4,5)6)33(46)40-25(3)34(47)45-21-11-13-30(43-45)35(48)44-20-10-12-28(23-44)29-17-16-27-15-14-26(22-31(27)41-29)18-19-39(7,8)36(49)51-9/h14-19,22,24-25,28,30,32,43H,10-13,20-21,23H2,1-9H3,(H,40,46)(H,42,50)/b19-18+/t25-,28?,30-,32-/m0/s1. The van der Waals surface area contributed by atoms with Crippen LogP contribution in [0.5, 0.6) is 0 Å².